The lowest BCUT2D eigenvalue weighted by Crippen LogP contribution is -2.14. The summed E-state index contributed by atoms with van der Waals surface area (Å²) in [5, 5.41) is 0. The lowest BCUT2D eigenvalue weighted by Gasteiger charge is -2.15. The molecule has 0 bridgehead atoms. The van der Waals surface area contributed by atoms with Crippen molar-refractivity contribution in [2.45, 2.75) is 13.0 Å². The van der Waals surface area contributed by atoms with Crippen LogP contribution in [0.5, 0.6) is 5.75 Å². The van der Waals surface area contributed by atoms with Gasteiger partial charge in [-0.2, -0.15) is 0 Å². The minimum Gasteiger partial charge on any atom is -0.496 e. The maximum Gasteiger partial charge on any atom is 0.163 e. The van der Waals surface area contributed by atoms with Gasteiger partial charge in [-0.1, -0.05) is 24.3 Å². The molecule has 0 heterocycles. The Labute approximate surface area is 110 Å². The molecule has 2 rings (SSSR count). The lowest BCUT2D eigenvalue weighted by molar-refractivity contribution is 0.411. The number of rotatable bonds is 3. The number of halogens is 2. The second-order valence-corrected chi connectivity index (χ2v) is 4.35. The third-order valence-electron chi connectivity index (χ3n) is 3.11. The molecule has 0 aliphatic rings. The van der Waals surface area contributed by atoms with E-state index in [-0.39, 0.29) is 5.56 Å². The van der Waals surface area contributed by atoms with Gasteiger partial charge in [0.15, 0.2) is 11.6 Å². The van der Waals surface area contributed by atoms with E-state index in [9.17, 15) is 8.78 Å². The topological polar surface area (TPSA) is 35.2 Å². The highest BCUT2D eigenvalue weighted by molar-refractivity contribution is 5.41. The molecule has 4 heteroatoms. The summed E-state index contributed by atoms with van der Waals surface area (Å²) < 4.78 is 32.1. The molecule has 1 atom stereocenters. The Kier molecular flexibility index (Phi) is 3.81. The van der Waals surface area contributed by atoms with Crippen LogP contribution in [0.1, 0.15) is 22.7 Å². The first-order valence-corrected chi connectivity index (χ1v) is 5.88. The minimum atomic E-state index is -0.908. The molecule has 1 unspecified atom stereocenters. The number of ether oxygens (including phenoxy) is 1. The molecule has 0 saturated carbocycles. The molecule has 0 amide bonds. The monoisotopic (exact) mass is 263 g/mol. The van der Waals surface area contributed by atoms with Crippen molar-refractivity contribution in [2.75, 3.05) is 7.11 Å². The first kappa shape index (κ1) is 13.5. The third kappa shape index (κ3) is 2.58. The van der Waals surface area contributed by atoms with Crippen molar-refractivity contribution in [3.8, 4) is 5.75 Å². The molecule has 0 aliphatic heterocycles. The number of aryl methyl sites for hydroxylation is 1. The van der Waals surface area contributed by atoms with Crippen molar-refractivity contribution in [1.82, 2.24) is 0 Å². The Bertz CT molecular complexity index is 599. The number of hydrogen-bond acceptors (Lipinski definition) is 2. The SMILES string of the molecule is COc1cc(C(N)c2cccc(F)c2F)ccc1C. The summed E-state index contributed by atoms with van der Waals surface area (Å²) in [6.45, 7) is 1.90. The fourth-order valence-corrected chi connectivity index (χ4v) is 1.97. The Hall–Kier alpha value is -1.94. The minimum absolute atomic E-state index is 0.130. The van der Waals surface area contributed by atoms with Crippen LogP contribution in [-0.4, -0.2) is 7.11 Å². The largest absolute Gasteiger partial charge is 0.496 e. The van der Waals surface area contributed by atoms with Crippen LogP contribution in [0.15, 0.2) is 36.4 Å². The van der Waals surface area contributed by atoms with Crippen molar-refractivity contribution in [3.63, 3.8) is 0 Å². The summed E-state index contributed by atoms with van der Waals surface area (Å²) in [5.41, 5.74) is 7.76. The number of benzene rings is 2. The van der Waals surface area contributed by atoms with Gasteiger partial charge in [0, 0.05) is 5.56 Å². The maximum absolute atomic E-state index is 13.7. The molecule has 0 saturated heterocycles. The van der Waals surface area contributed by atoms with Gasteiger partial charge >= 0.3 is 0 Å². The Morgan fingerprint density at radius 1 is 1.16 bits per heavy atom. The molecule has 2 aromatic carbocycles. The predicted molar refractivity (Wildman–Crippen MR) is 70.1 cm³/mol. The fourth-order valence-electron chi connectivity index (χ4n) is 1.97. The number of hydrogen-bond donors (Lipinski definition) is 1. The highest BCUT2D eigenvalue weighted by atomic mass is 19.2. The Morgan fingerprint density at radius 3 is 2.58 bits per heavy atom. The summed E-state index contributed by atoms with van der Waals surface area (Å²) in [7, 11) is 1.56. The quantitative estimate of drug-likeness (QED) is 0.921. The van der Waals surface area contributed by atoms with Crippen molar-refractivity contribution < 1.29 is 13.5 Å². The van der Waals surface area contributed by atoms with Gasteiger partial charge < -0.3 is 10.5 Å². The first-order valence-electron chi connectivity index (χ1n) is 5.88. The predicted octanol–water partition coefficient (Wildman–Crippen LogP) is 3.33. The molecule has 0 radical (unpaired) electrons. The molecule has 0 spiro atoms. The first-order chi connectivity index (χ1) is 9.04. The molecule has 19 heavy (non-hydrogen) atoms. The summed E-state index contributed by atoms with van der Waals surface area (Å²) in [5.74, 6) is -1.13. The summed E-state index contributed by atoms with van der Waals surface area (Å²) >= 11 is 0. The van der Waals surface area contributed by atoms with Crippen molar-refractivity contribution in [2.24, 2.45) is 5.73 Å². The molecule has 100 valence electrons. The molecule has 0 aliphatic carbocycles. The van der Waals surface area contributed by atoms with Gasteiger partial charge in [0.1, 0.15) is 5.75 Å². The molecule has 2 aromatic rings. The van der Waals surface area contributed by atoms with Gasteiger partial charge in [-0.3, -0.25) is 0 Å². The summed E-state index contributed by atoms with van der Waals surface area (Å²) in [4.78, 5) is 0. The van der Waals surface area contributed by atoms with Crippen LogP contribution in [0.25, 0.3) is 0 Å². The molecule has 2 N–H and O–H groups in total. The van der Waals surface area contributed by atoms with Crippen LogP contribution in [0, 0.1) is 18.6 Å². The van der Waals surface area contributed by atoms with Crippen LogP contribution in [0.2, 0.25) is 0 Å². The van der Waals surface area contributed by atoms with E-state index in [4.69, 9.17) is 10.5 Å². The van der Waals surface area contributed by atoms with Crippen molar-refractivity contribution >= 4 is 0 Å². The van der Waals surface area contributed by atoms with E-state index in [1.165, 1.54) is 12.1 Å². The van der Waals surface area contributed by atoms with E-state index >= 15 is 0 Å². The van der Waals surface area contributed by atoms with Crippen LogP contribution < -0.4 is 10.5 Å². The number of nitrogens with two attached hydrogens (primary N) is 1. The molecule has 0 aromatic heterocycles. The van der Waals surface area contributed by atoms with E-state index in [1.54, 1.807) is 19.2 Å². The normalized spacial score (nSPS) is 12.3. The smallest absolute Gasteiger partial charge is 0.163 e. The molecular weight excluding hydrogens is 248 g/mol. The van der Waals surface area contributed by atoms with Gasteiger partial charge in [-0.05, 0) is 30.2 Å². The zero-order valence-electron chi connectivity index (χ0n) is 10.8. The van der Waals surface area contributed by atoms with E-state index in [1.807, 2.05) is 13.0 Å². The van der Waals surface area contributed by atoms with Crippen LogP contribution in [0.3, 0.4) is 0 Å². The van der Waals surface area contributed by atoms with Crippen LogP contribution >= 0.6 is 0 Å². The zero-order valence-corrected chi connectivity index (χ0v) is 10.8. The van der Waals surface area contributed by atoms with Gasteiger partial charge in [0.25, 0.3) is 0 Å². The molecule has 2 nitrogen and oxygen atoms in total. The van der Waals surface area contributed by atoms with E-state index < -0.39 is 17.7 Å². The highest BCUT2D eigenvalue weighted by Crippen LogP contribution is 2.27. The standard InChI is InChI=1S/C15H15F2NO/c1-9-6-7-10(8-13(9)19-2)15(18)11-4-3-5-12(16)14(11)17/h3-8,15H,18H2,1-2H3. The average Bonchev–Trinajstić information content (AvgIpc) is 2.41. The molecular formula is C15H15F2NO. The van der Waals surface area contributed by atoms with E-state index in [2.05, 4.69) is 0 Å². The van der Waals surface area contributed by atoms with Gasteiger partial charge in [-0.15, -0.1) is 0 Å². The Morgan fingerprint density at radius 2 is 1.89 bits per heavy atom. The average molecular weight is 263 g/mol. The van der Waals surface area contributed by atoms with Gasteiger partial charge in [0.05, 0.1) is 13.2 Å². The van der Waals surface area contributed by atoms with E-state index in [0.717, 1.165) is 11.6 Å². The van der Waals surface area contributed by atoms with Crippen molar-refractivity contribution in [1.29, 1.82) is 0 Å². The zero-order chi connectivity index (χ0) is 14.0. The number of methoxy groups -OCH3 is 1. The summed E-state index contributed by atoms with van der Waals surface area (Å²) in [6, 6.07) is 8.63. The lowest BCUT2D eigenvalue weighted by atomic mass is 9.97. The Balaban J connectivity index is 2.44. The summed E-state index contributed by atoms with van der Waals surface area (Å²) in [6.07, 6.45) is 0. The van der Waals surface area contributed by atoms with E-state index in [0.29, 0.717) is 11.3 Å². The second-order valence-electron chi connectivity index (χ2n) is 4.35. The van der Waals surface area contributed by atoms with Gasteiger partial charge in [-0.25, -0.2) is 8.78 Å². The molecule has 0 fully saturated rings. The third-order valence-corrected chi connectivity index (χ3v) is 3.11. The highest BCUT2D eigenvalue weighted by Gasteiger charge is 2.17. The van der Waals surface area contributed by atoms with Crippen LogP contribution in [-0.2, 0) is 0 Å². The van der Waals surface area contributed by atoms with Crippen LogP contribution in [0.4, 0.5) is 8.78 Å². The van der Waals surface area contributed by atoms with Crippen molar-refractivity contribution in [3.05, 3.63) is 64.7 Å². The van der Waals surface area contributed by atoms with Gasteiger partial charge in [0.2, 0.25) is 0 Å². The maximum atomic E-state index is 13.7. The fraction of sp³-hybridized carbons (Fsp3) is 0.200. The second kappa shape index (κ2) is 5.36.